The molecule has 1 fully saturated rings. The smallest absolute Gasteiger partial charge is 0.166 e. The van der Waals surface area contributed by atoms with E-state index in [1.807, 2.05) is 11.8 Å². The van der Waals surface area contributed by atoms with Gasteiger partial charge in [-0.05, 0) is 19.1 Å². The Bertz CT molecular complexity index is 140. The van der Waals surface area contributed by atoms with Crippen LogP contribution >= 0.6 is 12.2 Å². The predicted molar refractivity (Wildman–Crippen MR) is 43.8 cm³/mol. The molecule has 0 bridgehead atoms. The molecular formula is C6H12N2OS. The van der Waals surface area contributed by atoms with Gasteiger partial charge in [0.15, 0.2) is 5.11 Å². The van der Waals surface area contributed by atoms with Crippen LogP contribution in [-0.2, 0) is 4.74 Å². The van der Waals surface area contributed by atoms with Crippen LogP contribution in [0.3, 0.4) is 0 Å². The molecule has 0 unspecified atom stereocenters. The average Bonchev–Trinajstić information content (AvgIpc) is 1.88. The molecule has 0 amide bonds. The van der Waals surface area contributed by atoms with Gasteiger partial charge in [-0.3, -0.25) is 0 Å². The van der Waals surface area contributed by atoms with E-state index in [0.29, 0.717) is 5.11 Å². The minimum absolute atomic E-state index is 0.259. The quantitative estimate of drug-likeness (QED) is 0.504. The van der Waals surface area contributed by atoms with E-state index in [2.05, 4.69) is 0 Å². The molecule has 58 valence electrons. The van der Waals surface area contributed by atoms with Crippen molar-refractivity contribution in [3.05, 3.63) is 0 Å². The number of nitrogens with two attached hydrogens (primary N) is 1. The lowest BCUT2D eigenvalue weighted by Gasteiger charge is -2.31. The standard InChI is InChI=1S/C6H12N2OS/c1-5-4-8(6(7)10)2-3-9-5/h5H,2-4H2,1H3,(H2,7,10)/t5-/m1/s1. The normalized spacial score (nSPS) is 26.5. The Balaban J connectivity index is 2.39. The Kier molecular flexibility index (Phi) is 2.45. The minimum atomic E-state index is 0.259. The van der Waals surface area contributed by atoms with Crippen LogP contribution in [0, 0.1) is 0 Å². The summed E-state index contributed by atoms with van der Waals surface area (Å²) in [6, 6.07) is 0. The molecule has 1 rings (SSSR count). The molecule has 0 aromatic heterocycles. The van der Waals surface area contributed by atoms with Crippen molar-refractivity contribution in [1.29, 1.82) is 0 Å². The van der Waals surface area contributed by atoms with Crippen LogP contribution in [-0.4, -0.2) is 35.8 Å². The number of rotatable bonds is 0. The topological polar surface area (TPSA) is 38.5 Å². The molecule has 1 saturated heterocycles. The fourth-order valence-corrected chi connectivity index (χ4v) is 1.18. The highest BCUT2D eigenvalue weighted by Gasteiger charge is 2.16. The van der Waals surface area contributed by atoms with E-state index >= 15 is 0 Å². The third-order valence-electron chi connectivity index (χ3n) is 1.55. The summed E-state index contributed by atoms with van der Waals surface area (Å²) in [5, 5.41) is 0.482. The number of thiocarbonyl (C=S) groups is 1. The summed E-state index contributed by atoms with van der Waals surface area (Å²) < 4.78 is 5.30. The molecule has 0 saturated carbocycles. The first-order valence-electron chi connectivity index (χ1n) is 3.36. The molecule has 1 aliphatic rings. The van der Waals surface area contributed by atoms with E-state index in [1.54, 1.807) is 0 Å². The van der Waals surface area contributed by atoms with Crippen molar-refractivity contribution >= 4 is 17.3 Å². The van der Waals surface area contributed by atoms with Gasteiger partial charge in [0.1, 0.15) is 0 Å². The van der Waals surface area contributed by atoms with E-state index in [-0.39, 0.29) is 6.10 Å². The van der Waals surface area contributed by atoms with Crippen molar-refractivity contribution in [2.75, 3.05) is 19.7 Å². The summed E-state index contributed by atoms with van der Waals surface area (Å²) in [6.45, 7) is 4.41. The molecule has 0 radical (unpaired) electrons. The van der Waals surface area contributed by atoms with Crippen LogP contribution in [0.15, 0.2) is 0 Å². The van der Waals surface area contributed by atoms with Crippen LogP contribution in [0.4, 0.5) is 0 Å². The monoisotopic (exact) mass is 160 g/mol. The first-order valence-corrected chi connectivity index (χ1v) is 3.77. The summed E-state index contributed by atoms with van der Waals surface area (Å²) in [6.07, 6.45) is 0.259. The zero-order chi connectivity index (χ0) is 7.56. The van der Waals surface area contributed by atoms with Gasteiger partial charge >= 0.3 is 0 Å². The Labute approximate surface area is 66.1 Å². The molecule has 0 spiro atoms. The second kappa shape index (κ2) is 3.16. The number of morpholine rings is 1. The van der Waals surface area contributed by atoms with Crippen LogP contribution in [0.2, 0.25) is 0 Å². The van der Waals surface area contributed by atoms with Crippen molar-refractivity contribution in [2.45, 2.75) is 13.0 Å². The SMILES string of the molecule is C[C@@H]1CN(C(N)=S)CCO1. The lowest BCUT2D eigenvalue weighted by molar-refractivity contribution is 0.00621. The largest absolute Gasteiger partial charge is 0.376 e. The number of nitrogens with zero attached hydrogens (tertiary/aromatic N) is 1. The minimum Gasteiger partial charge on any atom is -0.376 e. The van der Waals surface area contributed by atoms with Gasteiger partial charge in [-0.1, -0.05) is 0 Å². The molecule has 0 aromatic carbocycles. The van der Waals surface area contributed by atoms with Gasteiger partial charge in [-0.25, -0.2) is 0 Å². The van der Waals surface area contributed by atoms with Crippen LogP contribution in [0.1, 0.15) is 6.92 Å². The molecule has 0 aliphatic carbocycles. The van der Waals surface area contributed by atoms with E-state index in [1.165, 1.54) is 0 Å². The maximum Gasteiger partial charge on any atom is 0.166 e. The van der Waals surface area contributed by atoms with Gasteiger partial charge in [0, 0.05) is 13.1 Å². The van der Waals surface area contributed by atoms with E-state index in [0.717, 1.165) is 19.7 Å². The van der Waals surface area contributed by atoms with Crippen LogP contribution < -0.4 is 5.73 Å². The Morgan fingerprint density at radius 3 is 2.90 bits per heavy atom. The van der Waals surface area contributed by atoms with Gasteiger partial charge in [0.25, 0.3) is 0 Å². The van der Waals surface area contributed by atoms with E-state index < -0.39 is 0 Å². The van der Waals surface area contributed by atoms with Crippen LogP contribution in [0.25, 0.3) is 0 Å². The van der Waals surface area contributed by atoms with Crippen molar-refractivity contribution in [3.63, 3.8) is 0 Å². The Hall–Kier alpha value is -0.350. The van der Waals surface area contributed by atoms with Crippen molar-refractivity contribution < 1.29 is 4.74 Å². The molecule has 0 aromatic rings. The van der Waals surface area contributed by atoms with Crippen LogP contribution in [0.5, 0.6) is 0 Å². The zero-order valence-electron chi connectivity index (χ0n) is 6.04. The second-order valence-corrected chi connectivity index (χ2v) is 2.88. The number of hydrogen-bond donors (Lipinski definition) is 1. The number of hydrogen-bond acceptors (Lipinski definition) is 2. The van der Waals surface area contributed by atoms with Gasteiger partial charge in [-0.2, -0.15) is 0 Å². The number of ether oxygens (including phenoxy) is 1. The van der Waals surface area contributed by atoms with Crippen molar-refractivity contribution in [3.8, 4) is 0 Å². The summed E-state index contributed by atoms with van der Waals surface area (Å²) >= 11 is 4.82. The van der Waals surface area contributed by atoms with Crippen molar-refractivity contribution in [2.24, 2.45) is 5.73 Å². The molecule has 1 heterocycles. The Morgan fingerprint density at radius 2 is 2.50 bits per heavy atom. The fraction of sp³-hybridized carbons (Fsp3) is 0.833. The highest BCUT2D eigenvalue weighted by molar-refractivity contribution is 7.80. The summed E-state index contributed by atoms with van der Waals surface area (Å²) in [5.74, 6) is 0. The fourth-order valence-electron chi connectivity index (χ4n) is 1.02. The van der Waals surface area contributed by atoms with Gasteiger partial charge in [0.2, 0.25) is 0 Å². The summed E-state index contributed by atoms with van der Waals surface area (Å²) in [5.41, 5.74) is 5.43. The predicted octanol–water partition coefficient (Wildman–Crippen LogP) is -0.0493. The molecule has 10 heavy (non-hydrogen) atoms. The molecule has 4 heteroatoms. The summed E-state index contributed by atoms with van der Waals surface area (Å²) in [7, 11) is 0. The molecule has 1 aliphatic heterocycles. The molecule has 1 atom stereocenters. The van der Waals surface area contributed by atoms with E-state index in [4.69, 9.17) is 22.7 Å². The third-order valence-corrected chi connectivity index (χ3v) is 1.81. The average molecular weight is 160 g/mol. The first-order chi connectivity index (χ1) is 4.70. The third kappa shape index (κ3) is 1.82. The first kappa shape index (κ1) is 7.75. The van der Waals surface area contributed by atoms with E-state index in [9.17, 15) is 0 Å². The molecule has 3 nitrogen and oxygen atoms in total. The zero-order valence-corrected chi connectivity index (χ0v) is 6.86. The molecular weight excluding hydrogens is 148 g/mol. The lowest BCUT2D eigenvalue weighted by atomic mass is 10.3. The molecule has 2 N–H and O–H groups in total. The highest BCUT2D eigenvalue weighted by atomic mass is 32.1. The lowest BCUT2D eigenvalue weighted by Crippen LogP contribution is -2.46. The van der Waals surface area contributed by atoms with Crippen molar-refractivity contribution in [1.82, 2.24) is 4.90 Å². The maximum absolute atomic E-state index is 5.43. The van der Waals surface area contributed by atoms with Gasteiger partial charge in [0.05, 0.1) is 12.7 Å². The van der Waals surface area contributed by atoms with Gasteiger partial charge in [-0.15, -0.1) is 0 Å². The second-order valence-electron chi connectivity index (χ2n) is 2.47. The summed E-state index contributed by atoms with van der Waals surface area (Å²) in [4.78, 5) is 1.96. The Morgan fingerprint density at radius 1 is 1.80 bits per heavy atom. The van der Waals surface area contributed by atoms with Gasteiger partial charge < -0.3 is 15.4 Å². The maximum atomic E-state index is 5.43. The highest BCUT2D eigenvalue weighted by Crippen LogP contribution is 2.02.